The minimum Gasteiger partial charge on any atom is -0.478 e. The van der Waals surface area contributed by atoms with Crippen molar-refractivity contribution in [2.24, 2.45) is 0 Å². The van der Waals surface area contributed by atoms with Crippen LogP contribution in [0.2, 0.25) is 0 Å². The van der Waals surface area contributed by atoms with Crippen molar-refractivity contribution in [1.82, 2.24) is 9.88 Å². The predicted molar refractivity (Wildman–Crippen MR) is 74.2 cm³/mol. The summed E-state index contributed by atoms with van der Waals surface area (Å²) in [5, 5.41) is 8.86. The van der Waals surface area contributed by atoms with E-state index in [1.165, 1.54) is 38.3 Å². The predicted octanol–water partition coefficient (Wildman–Crippen LogP) is 2.93. The van der Waals surface area contributed by atoms with Crippen LogP contribution in [0.25, 0.3) is 0 Å². The zero-order valence-corrected chi connectivity index (χ0v) is 11.5. The fourth-order valence-electron chi connectivity index (χ4n) is 2.76. The lowest BCUT2D eigenvalue weighted by atomic mass is 10.1. The maximum Gasteiger partial charge on any atom is 0.337 e. The highest BCUT2D eigenvalue weighted by atomic mass is 16.4. The third-order valence-corrected chi connectivity index (χ3v) is 3.91. The largest absolute Gasteiger partial charge is 0.478 e. The van der Waals surface area contributed by atoms with E-state index in [2.05, 4.69) is 16.8 Å². The number of pyridine rings is 1. The van der Waals surface area contributed by atoms with E-state index >= 15 is 0 Å². The molecule has 0 spiro atoms. The molecule has 0 saturated carbocycles. The molecule has 0 aliphatic carbocycles. The highest BCUT2D eigenvalue weighted by molar-refractivity contribution is 5.87. The molecule has 104 valence electrons. The number of nitrogens with zero attached hydrogens (tertiary/aromatic N) is 2. The lowest BCUT2D eigenvalue weighted by Gasteiger charge is -2.28. The Labute approximate surface area is 114 Å². The van der Waals surface area contributed by atoms with Crippen LogP contribution in [0.4, 0.5) is 0 Å². The van der Waals surface area contributed by atoms with Crippen LogP contribution in [0, 0.1) is 0 Å². The van der Waals surface area contributed by atoms with Crippen molar-refractivity contribution in [1.29, 1.82) is 0 Å². The van der Waals surface area contributed by atoms with Gasteiger partial charge < -0.3 is 5.11 Å². The molecule has 0 aromatic carbocycles. The number of hydrogen-bond donors (Lipinski definition) is 1. The van der Waals surface area contributed by atoms with Crippen molar-refractivity contribution in [2.75, 3.05) is 6.54 Å². The van der Waals surface area contributed by atoms with Crippen LogP contribution in [0.1, 0.15) is 55.1 Å². The second-order valence-corrected chi connectivity index (χ2v) is 5.23. The van der Waals surface area contributed by atoms with Gasteiger partial charge in [-0.25, -0.2) is 4.79 Å². The third kappa shape index (κ3) is 3.77. The number of aromatic nitrogens is 1. The maximum atomic E-state index is 10.8. The number of carboxylic acid groups (broad SMARTS) is 1. The molecule has 4 nitrogen and oxygen atoms in total. The van der Waals surface area contributed by atoms with Gasteiger partial charge in [0.15, 0.2) is 0 Å². The normalized spacial score (nSPS) is 21.0. The molecular formula is C15H22N2O2. The molecule has 0 amide bonds. The third-order valence-electron chi connectivity index (χ3n) is 3.91. The Morgan fingerprint density at radius 1 is 1.42 bits per heavy atom. The van der Waals surface area contributed by atoms with E-state index in [1.807, 2.05) is 6.07 Å². The highest BCUT2D eigenvalue weighted by Gasteiger charge is 2.19. The molecule has 2 heterocycles. The van der Waals surface area contributed by atoms with Crippen LogP contribution in [0.3, 0.4) is 0 Å². The summed E-state index contributed by atoms with van der Waals surface area (Å²) < 4.78 is 0. The molecule has 1 unspecified atom stereocenters. The smallest absolute Gasteiger partial charge is 0.337 e. The maximum absolute atomic E-state index is 10.8. The molecule has 1 aromatic rings. The van der Waals surface area contributed by atoms with E-state index in [0.717, 1.165) is 18.8 Å². The number of rotatable bonds is 4. The number of hydrogen-bond acceptors (Lipinski definition) is 3. The summed E-state index contributed by atoms with van der Waals surface area (Å²) in [7, 11) is 0. The first kappa shape index (κ1) is 14.0. The van der Waals surface area contributed by atoms with Crippen molar-refractivity contribution in [3.8, 4) is 0 Å². The standard InChI is InChI=1S/C15H22N2O2/c1-2-14-6-4-3-5-9-17(14)11-13-8-7-12(10-16-13)15(18)19/h7-8,10,14H,2-6,9,11H2,1H3,(H,18,19). The van der Waals surface area contributed by atoms with E-state index in [1.54, 1.807) is 6.07 Å². The van der Waals surface area contributed by atoms with E-state index in [0.29, 0.717) is 6.04 Å². The van der Waals surface area contributed by atoms with Gasteiger partial charge in [-0.15, -0.1) is 0 Å². The fourth-order valence-corrected chi connectivity index (χ4v) is 2.76. The van der Waals surface area contributed by atoms with Crippen molar-refractivity contribution in [2.45, 2.75) is 51.6 Å². The Morgan fingerprint density at radius 2 is 2.26 bits per heavy atom. The highest BCUT2D eigenvalue weighted by Crippen LogP contribution is 2.20. The monoisotopic (exact) mass is 262 g/mol. The quantitative estimate of drug-likeness (QED) is 0.906. The van der Waals surface area contributed by atoms with Gasteiger partial charge in [0.1, 0.15) is 0 Å². The van der Waals surface area contributed by atoms with E-state index in [-0.39, 0.29) is 5.56 Å². The molecule has 4 heteroatoms. The van der Waals surface area contributed by atoms with Gasteiger partial charge in [0, 0.05) is 18.8 Å². The van der Waals surface area contributed by atoms with E-state index in [4.69, 9.17) is 5.11 Å². The van der Waals surface area contributed by atoms with Crippen molar-refractivity contribution >= 4 is 5.97 Å². The van der Waals surface area contributed by atoms with Crippen LogP contribution in [0.15, 0.2) is 18.3 Å². The van der Waals surface area contributed by atoms with Crippen LogP contribution in [0.5, 0.6) is 0 Å². The average Bonchev–Trinajstić information content (AvgIpc) is 2.64. The molecule has 1 N–H and O–H groups in total. The summed E-state index contributed by atoms with van der Waals surface area (Å²) >= 11 is 0. The second kappa shape index (κ2) is 6.66. The molecule has 1 fully saturated rings. The molecule has 2 rings (SSSR count). The van der Waals surface area contributed by atoms with Crippen molar-refractivity contribution < 1.29 is 9.90 Å². The molecule has 0 bridgehead atoms. The summed E-state index contributed by atoms with van der Waals surface area (Å²) in [6.45, 7) is 4.20. The molecule has 1 saturated heterocycles. The number of carboxylic acids is 1. The topological polar surface area (TPSA) is 53.4 Å². The van der Waals surface area contributed by atoms with Crippen molar-refractivity contribution in [3.63, 3.8) is 0 Å². The summed E-state index contributed by atoms with van der Waals surface area (Å²) in [4.78, 5) is 17.6. The van der Waals surface area contributed by atoms with Crippen LogP contribution in [-0.4, -0.2) is 33.5 Å². The number of likely N-dealkylation sites (tertiary alicyclic amines) is 1. The Balaban J connectivity index is 2.03. The Hall–Kier alpha value is -1.42. The van der Waals surface area contributed by atoms with Gasteiger partial charge in [-0.1, -0.05) is 19.8 Å². The summed E-state index contributed by atoms with van der Waals surface area (Å²) in [5.74, 6) is -0.916. The summed E-state index contributed by atoms with van der Waals surface area (Å²) in [5.41, 5.74) is 1.22. The zero-order chi connectivity index (χ0) is 13.7. The zero-order valence-electron chi connectivity index (χ0n) is 11.5. The Morgan fingerprint density at radius 3 is 2.89 bits per heavy atom. The van der Waals surface area contributed by atoms with Gasteiger partial charge in [0.25, 0.3) is 0 Å². The minimum absolute atomic E-state index is 0.256. The van der Waals surface area contributed by atoms with Gasteiger partial charge in [0.05, 0.1) is 11.3 Å². The first-order chi connectivity index (χ1) is 9.20. The second-order valence-electron chi connectivity index (χ2n) is 5.23. The Kier molecular flexibility index (Phi) is 4.91. The molecule has 1 atom stereocenters. The van der Waals surface area contributed by atoms with E-state index < -0.39 is 5.97 Å². The lowest BCUT2D eigenvalue weighted by Crippen LogP contribution is -2.34. The average molecular weight is 262 g/mol. The van der Waals surface area contributed by atoms with Gasteiger partial charge in [-0.2, -0.15) is 0 Å². The SMILES string of the molecule is CCC1CCCCCN1Cc1ccc(C(=O)O)cn1. The first-order valence-electron chi connectivity index (χ1n) is 7.13. The molecule has 1 aliphatic rings. The van der Waals surface area contributed by atoms with Crippen molar-refractivity contribution in [3.05, 3.63) is 29.6 Å². The van der Waals surface area contributed by atoms with Crippen LogP contribution in [-0.2, 0) is 6.54 Å². The first-order valence-corrected chi connectivity index (χ1v) is 7.13. The van der Waals surface area contributed by atoms with Gasteiger partial charge in [-0.3, -0.25) is 9.88 Å². The molecule has 1 aromatic heterocycles. The Bertz CT molecular complexity index is 417. The molecule has 19 heavy (non-hydrogen) atoms. The number of carbonyl (C=O) groups is 1. The van der Waals surface area contributed by atoms with Crippen LogP contribution < -0.4 is 0 Å². The molecular weight excluding hydrogens is 240 g/mol. The fraction of sp³-hybridized carbons (Fsp3) is 0.600. The summed E-state index contributed by atoms with van der Waals surface area (Å²) in [6.07, 6.45) is 7.79. The minimum atomic E-state index is -0.916. The molecule has 1 aliphatic heterocycles. The number of aromatic carboxylic acids is 1. The summed E-state index contributed by atoms with van der Waals surface area (Å²) in [6, 6.07) is 4.12. The van der Waals surface area contributed by atoms with Gasteiger partial charge in [0.2, 0.25) is 0 Å². The van der Waals surface area contributed by atoms with Crippen LogP contribution >= 0.6 is 0 Å². The lowest BCUT2D eigenvalue weighted by molar-refractivity contribution is 0.0696. The van der Waals surface area contributed by atoms with Gasteiger partial charge in [-0.05, 0) is 37.9 Å². The van der Waals surface area contributed by atoms with E-state index in [9.17, 15) is 4.79 Å². The van der Waals surface area contributed by atoms with Gasteiger partial charge >= 0.3 is 5.97 Å². The molecule has 0 radical (unpaired) electrons.